The third-order valence-electron chi connectivity index (χ3n) is 4.33. The molecule has 8 heteroatoms. The Morgan fingerprint density at radius 1 is 1.04 bits per heavy atom. The van der Waals surface area contributed by atoms with Gasteiger partial charge in [-0.05, 0) is 55.6 Å². The lowest BCUT2D eigenvalue weighted by Crippen LogP contribution is -2.51. The van der Waals surface area contributed by atoms with Crippen LogP contribution in [0.5, 0.6) is 11.5 Å². The van der Waals surface area contributed by atoms with Crippen molar-refractivity contribution in [1.29, 1.82) is 0 Å². The molecule has 5 nitrogen and oxygen atoms in total. The van der Waals surface area contributed by atoms with E-state index in [0.29, 0.717) is 37.3 Å². The summed E-state index contributed by atoms with van der Waals surface area (Å²) in [6, 6.07) is 8.51. The molecule has 0 fully saturated rings. The van der Waals surface area contributed by atoms with Crippen molar-refractivity contribution in [1.82, 2.24) is 0 Å². The van der Waals surface area contributed by atoms with Gasteiger partial charge in [0, 0.05) is 12.6 Å². The van der Waals surface area contributed by atoms with Gasteiger partial charge in [0.05, 0.1) is 28.9 Å². The van der Waals surface area contributed by atoms with Crippen LogP contribution >= 0.6 is 47.8 Å². The fourth-order valence-corrected chi connectivity index (χ4v) is 5.42. The number of benzene rings is 2. The maximum Gasteiger partial charge on any atom is 0.256 e. The molecule has 0 bridgehead atoms. The van der Waals surface area contributed by atoms with Crippen LogP contribution in [0.15, 0.2) is 39.3 Å². The number of nitrogens with zero attached hydrogens (tertiary/aromatic N) is 1. The van der Waals surface area contributed by atoms with Gasteiger partial charge in [-0.2, -0.15) is 0 Å². The number of amides is 1. The zero-order valence-corrected chi connectivity index (χ0v) is 18.9. The van der Waals surface area contributed by atoms with Crippen molar-refractivity contribution in [2.24, 2.45) is 0 Å². The zero-order valence-electron chi connectivity index (χ0n) is 14.1. The minimum absolute atomic E-state index is 0.343. The first-order chi connectivity index (χ1) is 12.3. The molecule has 0 aliphatic carbocycles. The molecule has 0 saturated carbocycles. The average Bonchev–Trinajstić information content (AvgIpc) is 2.64. The van der Waals surface area contributed by atoms with E-state index in [-0.39, 0.29) is 11.7 Å². The number of carbonyl (C=O) groups excluding carboxylic acids is 2. The molecule has 1 aliphatic heterocycles. The molecule has 0 saturated heterocycles. The van der Waals surface area contributed by atoms with Crippen molar-refractivity contribution < 1.29 is 19.1 Å². The van der Waals surface area contributed by atoms with Gasteiger partial charge < -0.3 is 14.4 Å². The van der Waals surface area contributed by atoms with Gasteiger partial charge in [0.2, 0.25) is 0 Å². The number of alkyl halides is 1. The van der Waals surface area contributed by atoms with E-state index in [1.807, 2.05) is 0 Å². The van der Waals surface area contributed by atoms with Crippen molar-refractivity contribution in [2.45, 2.75) is 4.32 Å². The number of rotatable bonds is 3. The molecule has 0 N–H and O–H groups in total. The second-order valence-electron chi connectivity index (χ2n) is 5.68. The summed E-state index contributed by atoms with van der Waals surface area (Å²) < 4.78 is 10.2. The lowest BCUT2D eigenvalue weighted by Gasteiger charge is -2.37. The van der Waals surface area contributed by atoms with Crippen LogP contribution in [0.1, 0.15) is 15.9 Å². The standard InChI is InChI=1S/C18H14Br3NO4/c1-22-14-11(8-12(19)15(26-3)13(14)20)16(23)18(21,17(22)24)9-4-6-10(25-2)7-5-9/h4-8H,1-3H3. The number of halogens is 3. The highest BCUT2D eigenvalue weighted by Gasteiger charge is 2.52. The van der Waals surface area contributed by atoms with Crippen molar-refractivity contribution in [3.8, 4) is 11.5 Å². The first-order valence-electron chi connectivity index (χ1n) is 7.49. The topological polar surface area (TPSA) is 55.8 Å². The first kappa shape index (κ1) is 19.4. The summed E-state index contributed by atoms with van der Waals surface area (Å²) in [5.74, 6) is 0.433. The van der Waals surface area contributed by atoms with Gasteiger partial charge in [-0.15, -0.1) is 0 Å². The number of Topliss-reactive ketones (excluding diaryl/α,β-unsaturated/α-hetero) is 1. The Bertz CT molecular complexity index is 914. The Hall–Kier alpha value is -1.38. The first-order valence-corrected chi connectivity index (χ1v) is 9.87. The fourth-order valence-electron chi connectivity index (χ4n) is 2.97. The molecule has 2 aromatic rings. The normalized spacial score (nSPS) is 19.4. The van der Waals surface area contributed by atoms with Gasteiger partial charge in [0.25, 0.3) is 5.91 Å². The largest absolute Gasteiger partial charge is 0.497 e. The lowest BCUT2D eigenvalue weighted by molar-refractivity contribution is -0.119. The second kappa shape index (κ2) is 6.98. The van der Waals surface area contributed by atoms with Gasteiger partial charge in [-0.25, -0.2) is 0 Å². The number of anilines is 1. The van der Waals surface area contributed by atoms with E-state index in [9.17, 15) is 9.59 Å². The molecule has 1 unspecified atom stereocenters. The molecular formula is C18H14Br3NO4. The molecule has 1 aliphatic rings. The zero-order chi connectivity index (χ0) is 19.2. The molecule has 1 heterocycles. The smallest absolute Gasteiger partial charge is 0.256 e. The lowest BCUT2D eigenvalue weighted by atomic mass is 9.85. The van der Waals surface area contributed by atoms with E-state index in [0.717, 1.165) is 0 Å². The molecular weight excluding hydrogens is 534 g/mol. The minimum atomic E-state index is -1.51. The van der Waals surface area contributed by atoms with Gasteiger partial charge in [-0.3, -0.25) is 9.59 Å². The van der Waals surface area contributed by atoms with Crippen LogP contribution in [0.2, 0.25) is 0 Å². The SMILES string of the molecule is COc1ccc(C2(Br)C(=O)c3cc(Br)c(OC)c(Br)c3N(C)C2=O)cc1. The second-order valence-corrected chi connectivity index (χ2v) is 8.52. The van der Waals surface area contributed by atoms with Gasteiger partial charge >= 0.3 is 0 Å². The van der Waals surface area contributed by atoms with E-state index in [1.54, 1.807) is 44.5 Å². The molecule has 0 radical (unpaired) electrons. The van der Waals surface area contributed by atoms with Crippen molar-refractivity contribution >= 4 is 65.2 Å². The number of likely N-dealkylation sites (N-methyl/N-ethyl adjacent to an activating group) is 1. The monoisotopic (exact) mass is 545 g/mol. The molecule has 136 valence electrons. The molecule has 1 amide bonds. The summed E-state index contributed by atoms with van der Waals surface area (Å²) in [5, 5.41) is 0. The van der Waals surface area contributed by atoms with E-state index >= 15 is 0 Å². The van der Waals surface area contributed by atoms with E-state index in [2.05, 4.69) is 47.8 Å². The predicted molar refractivity (Wildman–Crippen MR) is 110 cm³/mol. The number of hydrogen-bond acceptors (Lipinski definition) is 4. The third-order valence-corrected chi connectivity index (χ3v) is 6.82. The number of ketones is 1. The molecule has 1 atom stereocenters. The fraction of sp³-hybridized carbons (Fsp3) is 0.222. The summed E-state index contributed by atoms with van der Waals surface area (Å²) in [4.78, 5) is 28.0. The van der Waals surface area contributed by atoms with Crippen molar-refractivity contribution in [2.75, 3.05) is 26.2 Å². The van der Waals surface area contributed by atoms with E-state index in [1.165, 1.54) is 12.0 Å². The van der Waals surface area contributed by atoms with Crippen LogP contribution in [-0.2, 0) is 9.12 Å². The number of ether oxygens (including phenoxy) is 2. The average molecular weight is 548 g/mol. The van der Waals surface area contributed by atoms with Crippen LogP contribution in [0, 0.1) is 0 Å². The summed E-state index contributed by atoms with van der Waals surface area (Å²) in [6.45, 7) is 0. The quantitative estimate of drug-likeness (QED) is 0.414. The molecule has 3 rings (SSSR count). The van der Waals surface area contributed by atoms with Gasteiger partial charge in [-0.1, -0.05) is 28.1 Å². The Kier molecular flexibility index (Phi) is 5.20. The van der Waals surface area contributed by atoms with Crippen molar-refractivity contribution in [3.63, 3.8) is 0 Å². The number of fused-ring (bicyclic) bond motifs is 1. The predicted octanol–water partition coefficient (Wildman–Crippen LogP) is 4.68. The summed E-state index contributed by atoms with van der Waals surface area (Å²) in [5.41, 5.74) is 1.41. The van der Waals surface area contributed by atoms with Crippen molar-refractivity contribution in [3.05, 3.63) is 50.4 Å². The Labute approximate surface area is 176 Å². The van der Waals surface area contributed by atoms with Crippen LogP contribution in [-0.4, -0.2) is 33.0 Å². The Balaban J connectivity index is 2.23. The molecule has 2 aromatic carbocycles. The summed E-state index contributed by atoms with van der Waals surface area (Å²) >= 11 is 10.3. The van der Waals surface area contributed by atoms with E-state index < -0.39 is 4.32 Å². The maximum absolute atomic E-state index is 13.3. The minimum Gasteiger partial charge on any atom is -0.497 e. The third kappa shape index (κ3) is 2.70. The van der Waals surface area contributed by atoms with Gasteiger partial charge in [0.15, 0.2) is 10.1 Å². The van der Waals surface area contributed by atoms with E-state index in [4.69, 9.17) is 9.47 Å². The number of carbonyl (C=O) groups is 2. The van der Waals surface area contributed by atoms with Gasteiger partial charge in [0.1, 0.15) is 11.5 Å². The van der Waals surface area contributed by atoms with Crippen LogP contribution < -0.4 is 14.4 Å². The van der Waals surface area contributed by atoms with Crippen LogP contribution in [0.3, 0.4) is 0 Å². The Morgan fingerprint density at radius 3 is 2.19 bits per heavy atom. The molecule has 26 heavy (non-hydrogen) atoms. The molecule has 0 spiro atoms. The van der Waals surface area contributed by atoms with Crippen LogP contribution in [0.4, 0.5) is 5.69 Å². The summed E-state index contributed by atoms with van der Waals surface area (Å²) in [6.07, 6.45) is 0. The summed E-state index contributed by atoms with van der Waals surface area (Å²) in [7, 11) is 4.71. The maximum atomic E-state index is 13.3. The molecule has 0 aromatic heterocycles. The van der Waals surface area contributed by atoms with Crippen LogP contribution in [0.25, 0.3) is 0 Å². The highest BCUT2D eigenvalue weighted by Crippen LogP contribution is 2.50. The highest BCUT2D eigenvalue weighted by molar-refractivity contribution is 9.11. The highest BCUT2D eigenvalue weighted by atomic mass is 79.9. The number of methoxy groups -OCH3 is 2. The Morgan fingerprint density at radius 2 is 1.65 bits per heavy atom. The number of hydrogen-bond donors (Lipinski definition) is 0.